The number of hydroxylamine groups is 2. The number of para-hydroxylation sites is 1. The van der Waals surface area contributed by atoms with Crippen molar-refractivity contribution in [2.24, 2.45) is 0 Å². The zero-order valence-corrected chi connectivity index (χ0v) is 19.4. The molecule has 0 saturated carbocycles. The van der Waals surface area contributed by atoms with E-state index in [2.05, 4.69) is 11.7 Å². The van der Waals surface area contributed by atoms with Crippen LogP contribution in [0.4, 0.5) is 4.79 Å². The van der Waals surface area contributed by atoms with E-state index in [0.29, 0.717) is 17.9 Å². The number of hydrogen-bond donors (Lipinski definition) is 1. The molecular weight excluding hydrogens is 426 g/mol. The lowest BCUT2D eigenvalue weighted by Gasteiger charge is -2.24. The molecule has 0 aromatic heterocycles. The Kier molecular flexibility index (Phi) is 10.1. The van der Waals surface area contributed by atoms with Crippen molar-refractivity contribution in [2.45, 2.75) is 32.6 Å². The summed E-state index contributed by atoms with van der Waals surface area (Å²) in [4.78, 5) is 29.0. The van der Waals surface area contributed by atoms with Crippen molar-refractivity contribution in [3.8, 4) is 17.2 Å². The fourth-order valence-electron chi connectivity index (χ4n) is 3.03. The van der Waals surface area contributed by atoms with Crippen LogP contribution in [0, 0.1) is 0 Å². The van der Waals surface area contributed by atoms with Gasteiger partial charge in [-0.15, -0.1) is 5.06 Å². The summed E-state index contributed by atoms with van der Waals surface area (Å²) in [5.41, 5.74) is 1.49. The minimum atomic E-state index is -1.24. The summed E-state index contributed by atoms with van der Waals surface area (Å²) in [6.07, 6.45) is 3.57. The van der Waals surface area contributed by atoms with Gasteiger partial charge in [0.05, 0.1) is 27.4 Å². The number of rotatable bonds is 12. The maximum atomic E-state index is 11.9. The third kappa shape index (κ3) is 7.75. The normalized spacial score (nSPS) is 11.6. The van der Waals surface area contributed by atoms with Crippen molar-refractivity contribution in [3.63, 3.8) is 0 Å². The standard InChI is InChI=1S/C25H31NO7/c1-5-6-16-32-21-13-10-19(11-14-21)18(2)17-26(25(28)29)33-22-9-7-8-20(24(22)31-4)12-15-23(27)30-3/h7-15,18H,5-6,16-17H2,1-4H3,(H,28,29)/b15-12+. The van der Waals surface area contributed by atoms with Gasteiger partial charge in [-0.2, -0.15) is 0 Å². The number of methoxy groups -OCH3 is 2. The van der Waals surface area contributed by atoms with Gasteiger partial charge < -0.3 is 24.2 Å². The van der Waals surface area contributed by atoms with Crippen LogP contribution in [0.3, 0.4) is 0 Å². The summed E-state index contributed by atoms with van der Waals surface area (Å²) in [6, 6.07) is 12.6. The number of carboxylic acid groups (broad SMARTS) is 1. The van der Waals surface area contributed by atoms with Crippen LogP contribution in [-0.4, -0.2) is 49.6 Å². The molecule has 0 radical (unpaired) electrons. The van der Waals surface area contributed by atoms with E-state index in [1.54, 1.807) is 18.2 Å². The summed E-state index contributed by atoms with van der Waals surface area (Å²) in [5, 5.41) is 10.6. The van der Waals surface area contributed by atoms with E-state index in [-0.39, 0.29) is 18.2 Å². The Morgan fingerprint density at radius 1 is 1.12 bits per heavy atom. The van der Waals surface area contributed by atoms with Crippen LogP contribution in [-0.2, 0) is 9.53 Å². The van der Waals surface area contributed by atoms with E-state index in [9.17, 15) is 14.7 Å². The van der Waals surface area contributed by atoms with Crippen LogP contribution in [0.1, 0.15) is 43.7 Å². The van der Waals surface area contributed by atoms with Gasteiger partial charge in [0.25, 0.3) is 0 Å². The Morgan fingerprint density at radius 3 is 2.45 bits per heavy atom. The van der Waals surface area contributed by atoms with Crippen molar-refractivity contribution in [2.75, 3.05) is 27.4 Å². The van der Waals surface area contributed by atoms with Gasteiger partial charge >= 0.3 is 12.1 Å². The summed E-state index contributed by atoms with van der Waals surface area (Å²) < 4.78 is 15.7. The van der Waals surface area contributed by atoms with Gasteiger partial charge in [-0.05, 0) is 36.3 Å². The molecule has 8 heteroatoms. The number of unbranched alkanes of at least 4 members (excludes halogenated alkanes) is 1. The fourth-order valence-corrected chi connectivity index (χ4v) is 3.03. The number of amides is 1. The first-order valence-electron chi connectivity index (χ1n) is 10.7. The van der Waals surface area contributed by atoms with Gasteiger partial charge in [-0.1, -0.05) is 44.5 Å². The second-order valence-corrected chi connectivity index (χ2v) is 7.34. The number of nitrogens with zero attached hydrogens (tertiary/aromatic N) is 1. The molecule has 178 valence electrons. The lowest BCUT2D eigenvalue weighted by atomic mass is 10.0. The van der Waals surface area contributed by atoms with Gasteiger partial charge in [-0.25, -0.2) is 9.59 Å². The van der Waals surface area contributed by atoms with Gasteiger partial charge in [0.1, 0.15) is 5.75 Å². The van der Waals surface area contributed by atoms with Gasteiger partial charge in [0.15, 0.2) is 11.5 Å². The maximum absolute atomic E-state index is 11.9. The molecule has 0 aliphatic heterocycles. The smallest absolute Gasteiger partial charge is 0.440 e. The summed E-state index contributed by atoms with van der Waals surface area (Å²) in [5.74, 6) is 0.626. The molecule has 0 spiro atoms. The highest BCUT2D eigenvalue weighted by Crippen LogP contribution is 2.33. The summed E-state index contributed by atoms with van der Waals surface area (Å²) in [7, 11) is 2.72. The van der Waals surface area contributed by atoms with Crippen molar-refractivity contribution >= 4 is 18.1 Å². The topological polar surface area (TPSA) is 94.5 Å². The lowest BCUT2D eigenvalue weighted by Crippen LogP contribution is -2.36. The van der Waals surface area contributed by atoms with Gasteiger partial charge in [-0.3, -0.25) is 0 Å². The van der Waals surface area contributed by atoms with Crippen LogP contribution in [0.5, 0.6) is 17.2 Å². The molecule has 33 heavy (non-hydrogen) atoms. The molecule has 0 aliphatic rings. The van der Waals surface area contributed by atoms with E-state index in [1.807, 2.05) is 31.2 Å². The Hall–Kier alpha value is -3.68. The number of benzene rings is 2. The van der Waals surface area contributed by atoms with Gasteiger partial charge in [0, 0.05) is 17.6 Å². The van der Waals surface area contributed by atoms with E-state index < -0.39 is 12.1 Å². The van der Waals surface area contributed by atoms with Crippen molar-refractivity contribution in [1.29, 1.82) is 0 Å². The lowest BCUT2D eigenvalue weighted by molar-refractivity contribution is -0.134. The van der Waals surface area contributed by atoms with Crippen LogP contribution in [0.15, 0.2) is 48.5 Å². The van der Waals surface area contributed by atoms with Gasteiger partial charge in [0.2, 0.25) is 0 Å². The van der Waals surface area contributed by atoms with E-state index in [4.69, 9.17) is 14.3 Å². The first-order chi connectivity index (χ1) is 15.9. The summed E-state index contributed by atoms with van der Waals surface area (Å²) >= 11 is 0. The zero-order chi connectivity index (χ0) is 24.2. The Labute approximate surface area is 194 Å². The molecule has 2 aromatic carbocycles. The number of hydrogen-bond acceptors (Lipinski definition) is 6. The SMILES string of the molecule is CCCCOc1ccc(C(C)CN(Oc2cccc(/C=C/C(=O)OC)c2OC)C(=O)O)cc1. The Morgan fingerprint density at radius 2 is 1.85 bits per heavy atom. The van der Waals surface area contributed by atoms with Crippen LogP contribution < -0.4 is 14.3 Å². The molecule has 8 nitrogen and oxygen atoms in total. The van der Waals surface area contributed by atoms with Crippen LogP contribution in [0.25, 0.3) is 6.08 Å². The predicted molar refractivity (Wildman–Crippen MR) is 125 cm³/mol. The predicted octanol–water partition coefficient (Wildman–Crippen LogP) is 5.14. The molecule has 1 unspecified atom stereocenters. The molecule has 1 atom stereocenters. The summed E-state index contributed by atoms with van der Waals surface area (Å²) in [6.45, 7) is 4.78. The fraction of sp³-hybridized carbons (Fsp3) is 0.360. The molecule has 0 saturated heterocycles. The average molecular weight is 458 g/mol. The molecule has 1 amide bonds. The Bertz CT molecular complexity index is 940. The number of ether oxygens (including phenoxy) is 3. The van der Waals surface area contributed by atoms with Crippen LogP contribution in [0.2, 0.25) is 0 Å². The first kappa shape index (κ1) is 25.6. The third-order valence-electron chi connectivity index (χ3n) is 4.89. The highest BCUT2D eigenvalue weighted by Gasteiger charge is 2.21. The highest BCUT2D eigenvalue weighted by atomic mass is 16.7. The molecular formula is C25H31NO7. The highest BCUT2D eigenvalue weighted by molar-refractivity contribution is 5.87. The Balaban J connectivity index is 2.14. The zero-order valence-electron chi connectivity index (χ0n) is 19.4. The molecule has 0 heterocycles. The molecule has 0 fully saturated rings. The molecule has 0 aliphatic carbocycles. The average Bonchev–Trinajstić information content (AvgIpc) is 2.82. The van der Waals surface area contributed by atoms with Crippen molar-refractivity contribution < 1.29 is 33.7 Å². The largest absolute Gasteiger partial charge is 0.494 e. The minimum absolute atomic E-state index is 0.0940. The van der Waals surface area contributed by atoms with Crippen LogP contribution >= 0.6 is 0 Å². The number of carbonyl (C=O) groups excluding carboxylic acids is 1. The van der Waals surface area contributed by atoms with E-state index >= 15 is 0 Å². The third-order valence-corrected chi connectivity index (χ3v) is 4.89. The van der Waals surface area contributed by atoms with Crippen molar-refractivity contribution in [1.82, 2.24) is 5.06 Å². The maximum Gasteiger partial charge on any atom is 0.440 e. The number of esters is 1. The molecule has 1 N–H and O–H groups in total. The monoisotopic (exact) mass is 457 g/mol. The molecule has 2 aromatic rings. The minimum Gasteiger partial charge on any atom is -0.494 e. The quantitative estimate of drug-likeness (QED) is 0.204. The molecule has 2 rings (SSSR count). The van der Waals surface area contributed by atoms with E-state index in [0.717, 1.165) is 29.2 Å². The van der Waals surface area contributed by atoms with E-state index in [1.165, 1.54) is 26.4 Å². The second-order valence-electron chi connectivity index (χ2n) is 7.34. The second kappa shape index (κ2) is 13.0. The molecule has 0 bridgehead atoms. The number of carbonyl (C=O) groups is 2. The van der Waals surface area contributed by atoms with Crippen molar-refractivity contribution in [3.05, 3.63) is 59.7 Å². The first-order valence-corrected chi connectivity index (χ1v) is 10.7.